The number of carbonyl (C=O) groups is 2. The molecule has 0 radical (unpaired) electrons. The fourth-order valence-electron chi connectivity index (χ4n) is 2.87. The lowest BCUT2D eigenvalue weighted by Gasteiger charge is -2.40. The molecule has 0 N–H and O–H groups in total. The van der Waals surface area contributed by atoms with Crippen molar-refractivity contribution in [3.63, 3.8) is 0 Å². The van der Waals surface area contributed by atoms with Crippen molar-refractivity contribution in [3.05, 3.63) is 12.2 Å². The summed E-state index contributed by atoms with van der Waals surface area (Å²) in [7, 11) is 3.38. The van der Waals surface area contributed by atoms with Gasteiger partial charge in [0.25, 0.3) is 0 Å². The first-order valence-electron chi connectivity index (χ1n) is 7.67. The predicted octanol–water partition coefficient (Wildman–Crippen LogP) is 3.17. The summed E-state index contributed by atoms with van der Waals surface area (Å²) < 4.78 is 5.66. The molecule has 0 aromatic carbocycles. The van der Waals surface area contributed by atoms with Gasteiger partial charge in [0, 0.05) is 26.4 Å². The number of ether oxygens (including phenoxy) is 1. The molecule has 1 amide bonds. The largest absolute Gasteiger partial charge is 0.462 e. The Bertz CT molecular complexity index is 412. The van der Waals surface area contributed by atoms with Gasteiger partial charge in [0.1, 0.15) is 6.10 Å². The molecule has 21 heavy (non-hydrogen) atoms. The summed E-state index contributed by atoms with van der Waals surface area (Å²) in [5.41, 5.74) is 1.27. The second-order valence-corrected chi connectivity index (χ2v) is 7.18. The molecule has 1 rings (SSSR count). The molecule has 0 bridgehead atoms. The molecule has 0 spiro atoms. The van der Waals surface area contributed by atoms with E-state index in [0.29, 0.717) is 0 Å². The highest BCUT2D eigenvalue weighted by molar-refractivity contribution is 5.81. The van der Waals surface area contributed by atoms with Crippen LogP contribution in [0.15, 0.2) is 12.2 Å². The molecule has 0 aromatic heterocycles. The average Bonchev–Trinajstić information content (AvgIpc) is 2.34. The summed E-state index contributed by atoms with van der Waals surface area (Å²) in [5, 5.41) is 0. The van der Waals surface area contributed by atoms with E-state index in [0.717, 1.165) is 24.8 Å². The first kappa shape index (κ1) is 17.7. The molecular formula is C17H29NO3. The summed E-state index contributed by atoms with van der Waals surface area (Å²) in [5.74, 6) is -0.0851. The monoisotopic (exact) mass is 295 g/mol. The molecule has 0 aromatic rings. The third kappa shape index (κ3) is 5.52. The zero-order valence-corrected chi connectivity index (χ0v) is 14.1. The van der Waals surface area contributed by atoms with Gasteiger partial charge in [-0.25, -0.2) is 0 Å². The SMILES string of the molecule is C=C(C)C1CCC(C)(C)CC1OC(=O)CCC(=O)N(C)C. The number of esters is 1. The minimum absolute atomic E-state index is 0.0487. The highest BCUT2D eigenvalue weighted by Gasteiger charge is 2.37. The molecule has 2 atom stereocenters. The Hall–Kier alpha value is -1.32. The lowest BCUT2D eigenvalue weighted by atomic mass is 9.70. The van der Waals surface area contributed by atoms with E-state index < -0.39 is 0 Å². The van der Waals surface area contributed by atoms with E-state index >= 15 is 0 Å². The van der Waals surface area contributed by atoms with Crippen LogP contribution in [0.1, 0.15) is 52.9 Å². The number of nitrogens with zero attached hydrogens (tertiary/aromatic N) is 1. The van der Waals surface area contributed by atoms with Crippen LogP contribution in [0.5, 0.6) is 0 Å². The predicted molar refractivity (Wildman–Crippen MR) is 83.7 cm³/mol. The molecule has 1 aliphatic rings. The van der Waals surface area contributed by atoms with Gasteiger partial charge in [0.15, 0.2) is 0 Å². The minimum Gasteiger partial charge on any atom is -0.462 e. The summed E-state index contributed by atoms with van der Waals surface area (Å²) in [4.78, 5) is 25.0. The van der Waals surface area contributed by atoms with Crippen molar-refractivity contribution in [1.82, 2.24) is 4.90 Å². The Morgan fingerprint density at radius 3 is 2.43 bits per heavy atom. The molecule has 4 heteroatoms. The third-order valence-corrected chi connectivity index (χ3v) is 4.29. The van der Waals surface area contributed by atoms with Crippen molar-refractivity contribution in [1.29, 1.82) is 0 Å². The van der Waals surface area contributed by atoms with E-state index in [2.05, 4.69) is 20.4 Å². The van der Waals surface area contributed by atoms with Crippen LogP contribution in [0, 0.1) is 11.3 Å². The first-order chi connectivity index (χ1) is 9.62. The van der Waals surface area contributed by atoms with Crippen molar-refractivity contribution in [2.45, 2.75) is 59.0 Å². The molecule has 1 saturated carbocycles. The van der Waals surface area contributed by atoms with Gasteiger partial charge in [-0.1, -0.05) is 26.0 Å². The lowest BCUT2D eigenvalue weighted by Crippen LogP contribution is -2.37. The van der Waals surface area contributed by atoms with E-state index in [9.17, 15) is 9.59 Å². The lowest BCUT2D eigenvalue weighted by molar-refractivity contribution is -0.156. The van der Waals surface area contributed by atoms with Gasteiger partial charge in [-0.05, 0) is 31.6 Å². The van der Waals surface area contributed by atoms with Crippen molar-refractivity contribution in [2.75, 3.05) is 14.1 Å². The van der Waals surface area contributed by atoms with Crippen LogP contribution >= 0.6 is 0 Å². The number of rotatable bonds is 5. The van der Waals surface area contributed by atoms with Gasteiger partial charge in [-0.3, -0.25) is 9.59 Å². The van der Waals surface area contributed by atoms with Crippen LogP contribution < -0.4 is 0 Å². The maximum atomic E-state index is 12.0. The van der Waals surface area contributed by atoms with Crippen molar-refractivity contribution in [2.24, 2.45) is 11.3 Å². The Balaban J connectivity index is 2.58. The molecule has 0 aliphatic heterocycles. The van der Waals surface area contributed by atoms with Gasteiger partial charge >= 0.3 is 5.97 Å². The van der Waals surface area contributed by atoms with Crippen molar-refractivity contribution in [3.8, 4) is 0 Å². The van der Waals surface area contributed by atoms with Crippen LogP contribution in [-0.4, -0.2) is 37.0 Å². The quantitative estimate of drug-likeness (QED) is 0.578. The normalized spacial score (nSPS) is 24.2. The van der Waals surface area contributed by atoms with Crippen molar-refractivity contribution < 1.29 is 14.3 Å². The second kappa shape index (κ2) is 7.10. The fraction of sp³-hybridized carbons (Fsp3) is 0.765. The summed E-state index contributed by atoms with van der Waals surface area (Å²) >= 11 is 0. The van der Waals surface area contributed by atoms with E-state index in [1.54, 1.807) is 14.1 Å². The van der Waals surface area contributed by atoms with Crippen LogP contribution in [0.4, 0.5) is 0 Å². The number of carbonyl (C=O) groups excluding carboxylic acids is 2. The Morgan fingerprint density at radius 1 is 1.29 bits per heavy atom. The number of hydrogen-bond acceptors (Lipinski definition) is 3. The molecular weight excluding hydrogens is 266 g/mol. The highest BCUT2D eigenvalue weighted by Crippen LogP contribution is 2.42. The van der Waals surface area contributed by atoms with Crippen LogP contribution in [0.2, 0.25) is 0 Å². The van der Waals surface area contributed by atoms with Gasteiger partial charge in [-0.15, -0.1) is 0 Å². The van der Waals surface area contributed by atoms with Crippen LogP contribution in [0.3, 0.4) is 0 Å². The van der Waals surface area contributed by atoms with Gasteiger partial charge in [0.05, 0.1) is 6.42 Å². The molecule has 120 valence electrons. The summed E-state index contributed by atoms with van der Waals surface area (Å²) in [6.45, 7) is 10.4. The zero-order chi connectivity index (χ0) is 16.2. The maximum Gasteiger partial charge on any atom is 0.306 e. The Labute approximate surface area is 128 Å². The Kier molecular flexibility index (Phi) is 5.99. The smallest absolute Gasteiger partial charge is 0.306 e. The van der Waals surface area contributed by atoms with E-state index in [4.69, 9.17) is 4.74 Å². The average molecular weight is 295 g/mol. The number of amides is 1. The molecule has 1 fully saturated rings. The minimum atomic E-state index is -0.279. The molecule has 1 aliphatic carbocycles. The van der Waals surface area contributed by atoms with E-state index in [1.807, 2.05) is 6.92 Å². The summed E-state index contributed by atoms with van der Waals surface area (Å²) in [6.07, 6.45) is 3.25. The fourth-order valence-corrected chi connectivity index (χ4v) is 2.87. The standard InChI is InChI=1S/C17H29NO3/c1-12(2)13-9-10-17(3,4)11-14(13)21-16(20)8-7-15(19)18(5)6/h13-14H,1,7-11H2,2-6H3. The molecule has 0 heterocycles. The number of hydrogen-bond donors (Lipinski definition) is 0. The van der Waals surface area contributed by atoms with E-state index in [1.165, 1.54) is 4.90 Å². The zero-order valence-electron chi connectivity index (χ0n) is 14.1. The van der Waals surface area contributed by atoms with Crippen LogP contribution in [-0.2, 0) is 14.3 Å². The molecule has 4 nitrogen and oxygen atoms in total. The van der Waals surface area contributed by atoms with E-state index in [-0.39, 0.29) is 42.2 Å². The Morgan fingerprint density at radius 2 is 1.90 bits per heavy atom. The molecule has 2 unspecified atom stereocenters. The molecule has 0 saturated heterocycles. The maximum absolute atomic E-state index is 12.0. The van der Waals surface area contributed by atoms with Crippen molar-refractivity contribution >= 4 is 11.9 Å². The summed E-state index contributed by atoms with van der Waals surface area (Å²) in [6, 6.07) is 0. The first-order valence-corrected chi connectivity index (χ1v) is 7.67. The highest BCUT2D eigenvalue weighted by atomic mass is 16.5. The van der Waals surface area contributed by atoms with Crippen LogP contribution in [0.25, 0.3) is 0 Å². The third-order valence-electron chi connectivity index (χ3n) is 4.29. The van der Waals surface area contributed by atoms with Gasteiger partial charge < -0.3 is 9.64 Å². The van der Waals surface area contributed by atoms with Gasteiger partial charge in [0.2, 0.25) is 5.91 Å². The topological polar surface area (TPSA) is 46.6 Å². The van der Waals surface area contributed by atoms with Gasteiger partial charge in [-0.2, -0.15) is 0 Å². The second-order valence-electron chi connectivity index (χ2n) is 7.18.